The largest absolute Gasteiger partial charge is 0.416 e. The summed E-state index contributed by atoms with van der Waals surface area (Å²) in [5.41, 5.74) is 0.170. The second-order valence-corrected chi connectivity index (χ2v) is 8.01. The number of carbonyl (C=O) groups excluding carboxylic acids is 2. The molecule has 0 bridgehead atoms. The van der Waals surface area contributed by atoms with Crippen LogP contribution in [0.5, 0.6) is 0 Å². The summed E-state index contributed by atoms with van der Waals surface area (Å²) in [5.74, 6) is -0.600. The highest BCUT2D eigenvalue weighted by Gasteiger charge is 2.31. The molecule has 1 saturated heterocycles. The van der Waals surface area contributed by atoms with Gasteiger partial charge in [-0.1, -0.05) is 43.3 Å². The van der Waals surface area contributed by atoms with E-state index in [0.717, 1.165) is 37.3 Å². The van der Waals surface area contributed by atoms with Crippen molar-refractivity contribution < 1.29 is 22.8 Å². The molecule has 0 radical (unpaired) electrons. The maximum absolute atomic E-state index is 13.2. The van der Waals surface area contributed by atoms with Crippen molar-refractivity contribution in [3.63, 3.8) is 0 Å². The van der Waals surface area contributed by atoms with Crippen molar-refractivity contribution in [1.82, 2.24) is 15.1 Å². The van der Waals surface area contributed by atoms with Crippen LogP contribution in [0, 0.1) is 0 Å². The Hall–Kier alpha value is -2.91. The lowest BCUT2D eigenvalue weighted by Gasteiger charge is -2.36. The molecular weight excluding hydrogens is 433 g/mol. The quantitative estimate of drug-likeness (QED) is 0.633. The van der Waals surface area contributed by atoms with Gasteiger partial charge in [0.15, 0.2) is 0 Å². The SMILES string of the molecule is CCN1CCN(C(=O)[C@H](Cc2ccccc2)NCC(=O)Nc2cccc(C(F)(F)F)c2)CC1. The van der Waals surface area contributed by atoms with Gasteiger partial charge in [0.1, 0.15) is 0 Å². The molecule has 1 atom stereocenters. The normalized spacial score (nSPS) is 15.8. The molecule has 2 aromatic rings. The zero-order valence-electron chi connectivity index (χ0n) is 18.6. The van der Waals surface area contributed by atoms with Crippen LogP contribution < -0.4 is 10.6 Å². The zero-order chi connectivity index (χ0) is 23.8. The Morgan fingerprint density at radius 3 is 2.33 bits per heavy atom. The summed E-state index contributed by atoms with van der Waals surface area (Å²) < 4.78 is 38.7. The fourth-order valence-corrected chi connectivity index (χ4v) is 3.80. The van der Waals surface area contributed by atoms with E-state index in [-0.39, 0.29) is 18.1 Å². The number of alkyl halides is 3. The number of hydrogen-bond acceptors (Lipinski definition) is 4. The van der Waals surface area contributed by atoms with Gasteiger partial charge in [-0.3, -0.25) is 14.9 Å². The van der Waals surface area contributed by atoms with Gasteiger partial charge in [-0.15, -0.1) is 0 Å². The topological polar surface area (TPSA) is 64.7 Å². The predicted octanol–water partition coefficient (Wildman–Crippen LogP) is 3.01. The minimum Gasteiger partial charge on any atom is -0.339 e. The van der Waals surface area contributed by atoms with E-state index in [1.165, 1.54) is 12.1 Å². The van der Waals surface area contributed by atoms with Crippen molar-refractivity contribution in [2.45, 2.75) is 25.6 Å². The van der Waals surface area contributed by atoms with Crippen LogP contribution in [0.3, 0.4) is 0 Å². The molecule has 0 spiro atoms. The number of benzene rings is 2. The minimum atomic E-state index is -4.49. The number of piperazine rings is 1. The number of hydrogen-bond donors (Lipinski definition) is 2. The molecule has 2 aromatic carbocycles. The number of likely N-dealkylation sites (N-methyl/N-ethyl adjacent to an activating group) is 1. The third-order valence-corrected chi connectivity index (χ3v) is 5.69. The summed E-state index contributed by atoms with van der Waals surface area (Å²) in [6, 6.07) is 13.3. The van der Waals surface area contributed by atoms with Gasteiger partial charge in [0.05, 0.1) is 18.2 Å². The Bertz CT molecular complexity index is 929. The standard InChI is InChI=1S/C24H29F3N4O2/c1-2-30-11-13-31(14-12-30)23(33)21(15-18-7-4-3-5-8-18)28-17-22(32)29-20-10-6-9-19(16-20)24(25,26)27/h3-10,16,21,28H,2,11-15,17H2,1H3,(H,29,32)/t21-/m0/s1. The third-order valence-electron chi connectivity index (χ3n) is 5.69. The number of carbonyl (C=O) groups is 2. The van der Waals surface area contributed by atoms with Crippen molar-refractivity contribution >= 4 is 17.5 Å². The van der Waals surface area contributed by atoms with Crippen molar-refractivity contribution in [3.8, 4) is 0 Å². The average molecular weight is 463 g/mol. The van der Waals surface area contributed by atoms with Crippen LogP contribution in [-0.4, -0.2) is 66.9 Å². The number of anilines is 1. The van der Waals surface area contributed by atoms with E-state index >= 15 is 0 Å². The molecule has 1 aliphatic rings. The van der Waals surface area contributed by atoms with Gasteiger partial charge in [0, 0.05) is 31.9 Å². The predicted molar refractivity (Wildman–Crippen MR) is 121 cm³/mol. The fraction of sp³-hybridized carbons (Fsp3) is 0.417. The molecule has 33 heavy (non-hydrogen) atoms. The van der Waals surface area contributed by atoms with E-state index < -0.39 is 23.7 Å². The summed E-state index contributed by atoms with van der Waals surface area (Å²) >= 11 is 0. The summed E-state index contributed by atoms with van der Waals surface area (Å²) in [7, 11) is 0. The van der Waals surface area contributed by atoms with Crippen LogP contribution in [0.1, 0.15) is 18.1 Å². The van der Waals surface area contributed by atoms with Crippen molar-refractivity contribution in [2.75, 3.05) is 44.6 Å². The van der Waals surface area contributed by atoms with Crippen LogP contribution >= 0.6 is 0 Å². The van der Waals surface area contributed by atoms with E-state index in [1.807, 2.05) is 30.3 Å². The Balaban J connectivity index is 1.63. The summed E-state index contributed by atoms with van der Waals surface area (Å²) in [5, 5.41) is 5.49. The van der Waals surface area contributed by atoms with Crippen LogP contribution in [-0.2, 0) is 22.2 Å². The van der Waals surface area contributed by atoms with Crippen LogP contribution in [0.4, 0.5) is 18.9 Å². The number of nitrogens with one attached hydrogen (secondary N) is 2. The first-order valence-electron chi connectivity index (χ1n) is 11.0. The molecular formula is C24H29F3N4O2. The van der Waals surface area contributed by atoms with Crippen LogP contribution in [0.2, 0.25) is 0 Å². The second-order valence-electron chi connectivity index (χ2n) is 8.01. The summed E-state index contributed by atoms with van der Waals surface area (Å²) in [6.45, 7) is 5.66. The first-order chi connectivity index (χ1) is 15.8. The average Bonchev–Trinajstić information content (AvgIpc) is 2.81. The molecule has 178 valence electrons. The van der Waals surface area contributed by atoms with Crippen molar-refractivity contribution in [3.05, 3.63) is 65.7 Å². The van der Waals surface area contributed by atoms with Gasteiger partial charge in [-0.25, -0.2) is 0 Å². The highest BCUT2D eigenvalue weighted by atomic mass is 19.4. The van der Waals surface area contributed by atoms with E-state index in [1.54, 1.807) is 4.90 Å². The zero-order valence-corrected chi connectivity index (χ0v) is 18.6. The third kappa shape index (κ3) is 7.30. The summed E-state index contributed by atoms with van der Waals surface area (Å²) in [6.07, 6.45) is -4.08. The lowest BCUT2D eigenvalue weighted by atomic mass is 10.0. The minimum absolute atomic E-state index is 0.0539. The van der Waals surface area contributed by atoms with Gasteiger partial charge < -0.3 is 15.1 Å². The number of rotatable bonds is 8. The molecule has 0 saturated carbocycles. The van der Waals surface area contributed by atoms with Crippen molar-refractivity contribution in [1.29, 1.82) is 0 Å². The molecule has 3 rings (SSSR count). The Kier molecular flexibility index (Phi) is 8.46. The van der Waals surface area contributed by atoms with E-state index in [2.05, 4.69) is 22.5 Å². The molecule has 2 amide bonds. The van der Waals surface area contributed by atoms with Gasteiger partial charge in [-0.2, -0.15) is 13.2 Å². The lowest BCUT2D eigenvalue weighted by Crippen LogP contribution is -2.55. The molecule has 0 aromatic heterocycles. The highest BCUT2D eigenvalue weighted by molar-refractivity contribution is 5.93. The highest BCUT2D eigenvalue weighted by Crippen LogP contribution is 2.30. The second kappa shape index (κ2) is 11.3. The van der Waals surface area contributed by atoms with Gasteiger partial charge >= 0.3 is 6.18 Å². The first-order valence-corrected chi connectivity index (χ1v) is 11.0. The molecule has 1 heterocycles. The molecule has 0 aliphatic carbocycles. The Morgan fingerprint density at radius 1 is 1.00 bits per heavy atom. The van der Waals surface area contributed by atoms with Crippen LogP contribution in [0.15, 0.2) is 54.6 Å². The van der Waals surface area contributed by atoms with Crippen LogP contribution in [0.25, 0.3) is 0 Å². The van der Waals surface area contributed by atoms with Gasteiger partial charge in [0.2, 0.25) is 11.8 Å². The van der Waals surface area contributed by atoms with Gasteiger partial charge in [-0.05, 0) is 36.7 Å². The Morgan fingerprint density at radius 2 is 1.70 bits per heavy atom. The van der Waals surface area contributed by atoms with E-state index in [4.69, 9.17) is 0 Å². The number of halogens is 3. The summed E-state index contributed by atoms with van der Waals surface area (Å²) in [4.78, 5) is 29.7. The molecule has 2 N–H and O–H groups in total. The molecule has 0 unspecified atom stereocenters. The Labute approximate surface area is 191 Å². The monoisotopic (exact) mass is 462 g/mol. The molecule has 1 aliphatic heterocycles. The molecule has 9 heteroatoms. The number of amides is 2. The van der Waals surface area contributed by atoms with Crippen molar-refractivity contribution in [2.24, 2.45) is 0 Å². The van der Waals surface area contributed by atoms with Gasteiger partial charge in [0.25, 0.3) is 0 Å². The van der Waals surface area contributed by atoms with E-state index in [9.17, 15) is 22.8 Å². The van der Waals surface area contributed by atoms with E-state index in [0.29, 0.717) is 19.5 Å². The smallest absolute Gasteiger partial charge is 0.339 e. The molecule has 6 nitrogen and oxygen atoms in total. The fourth-order valence-electron chi connectivity index (χ4n) is 3.80. The lowest BCUT2D eigenvalue weighted by molar-refractivity contribution is -0.137. The number of nitrogens with zero attached hydrogens (tertiary/aromatic N) is 2. The first kappa shape index (κ1) is 24.7. The maximum Gasteiger partial charge on any atom is 0.416 e. The maximum atomic E-state index is 13.2. The molecule has 1 fully saturated rings.